The van der Waals surface area contributed by atoms with Crippen LogP contribution in [0.3, 0.4) is 0 Å². The number of hydrogen-bond donors (Lipinski definition) is 1. The van der Waals surface area contributed by atoms with E-state index in [1.165, 1.54) is 0 Å². The van der Waals surface area contributed by atoms with Crippen LogP contribution in [0.25, 0.3) is 0 Å². The van der Waals surface area contributed by atoms with Crippen molar-refractivity contribution in [3.8, 4) is 0 Å². The zero-order valence-electron chi connectivity index (χ0n) is 7.18. The molecule has 0 saturated carbocycles. The van der Waals surface area contributed by atoms with Crippen LogP contribution in [0.4, 0.5) is 13.2 Å². The van der Waals surface area contributed by atoms with E-state index in [-0.39, 0.29) is 10.2 Å². The van der Waals surface area contributed by atoms with Gasteiger partial charge in [-0.2, -0.15) is 0 Å². The number of hydrogen-bond acceptors (Lipinski definition) is 2. The molecule has 0 spiro atoms. The summed E-state index contributed by atoms with van der Waals surface area (Å²) in [5, 5.41) is 8.42. The number of halogens is 4. The lowest BCUT2D eigenvalue weighted by Crippen LogP contribution is -2.07. The van der Waals surface area contributed by atoms with Crippen molar-refractivity contribution in [2.75, 3.05) is 0 Å². The first kappa shape index (κ1) is 12.0. The normalized spacial score (nSPS) is 10.7. The lowest BCUT2D eigenvalue weighted by atomic mass is 10.1. The Morgan fingerprint density at radius 3 is 2.67 bits per heavy atom. The molecule has 0 fully saturated rings. The van der Waals surface area contributed by atoms with Crippen LogP contribution in [0.2, 0.25) is 0 Å². The van der Waals surface area contributed by atoms with Crippen molar-refractivity contribution in [1.82, 2.24) is 4.98 Å². The molecule has 0 saturated heterocycles. The SMILES string of the molecule is O=C(O)Cc1cc(Br)nc(C(F)F)c1F. The number of carbonyl (C=O) groups is 1. The molecule has 3 nitrogen and oxygen atoms in total. The molecule has 1 rings (SSSR count). The zero-order chi connectivity index (χ0) is 11.6. The Balaban J connectivity index is 3.21. The highest BCUT2D eigenvalue weighted by molar-refractivity contribution is 9.10. The minimum atomic E-state index is -3.07. The number of carboxylic acids is 1. The average molecular weight is 284 g/mol. The molecule has 0 aliphatic heterocycles. The molecule has 1 aromatic heterocycles. The number of aliphatic carboxylic acids is 1. The maximum atomic E-state index is 13.2. The third-order valence-electron chi connectivity index (χ3n) is 1.58. The Kier molecular flexibility index (Phi) is 3.67. The summed E-state index contributed by atoms with van der Waals surface area (Å²) in [7, 11) is 0. The van der Waals surface area contributed by atoms with E-state index in [0.29, 0.717) is 0 Å². The molecule has 1 N–H and O–H groups in total. The predicted molar refractivity (Wildman–Crippen MR) is 48.2 cm³/mol. The third-order valence-corrected chi connectivity index (χ3v) is 1.98. The van der Waals surface area contributed by atoms with Crippen molar-refractivity contribution in [3.63, 3.8) is 0 Å². The summed E-state index contributed by atoms with van der Waals surface area (Å²) in [5.41, 5.74) is -1.36. The van der Waals surface area contributed by atoms with Gasteiger partial charge in [0, 0.05) is 5.56 Å². The molecule has 0 unspecified atom stereocenters. The Labute approximate surface area is 91.1 Å². The van der Waals surface area contributed by atoms with Crippen LogP contribution >= 0.6 is 15.9 Å². The van der Waals surface area contributed by atoms with E-state index in [1.807, 2.05) is 0 Å². The third kappa shape index (κ3) is 2.92. The van der Waals surface area contributed by atoms with Gasteiger partial charge in [0.1, 0.15) is 10.3 Å². The second-order valence-corrected chi connectivity index (χ2v) is 3.49. The number of aromatic nitrogens is 1. The number of alkyl halides is 2. The van der Waals surface area contributed by atoms with Crippen LogP contribution in [-0.2, 0) is 11.2 Å². The van der Waals surface area contributed by atoms with Crippen molar-refractivity contribution >= 4 is 21.9 Å². The molecule has 7 heteroatoms. The molecule has 0 amide bonds. The topological polar surface area (TPSA) is 50.2 Å². The predicted octanol–water partition coefficient (Wildman–Crippen LogP) is 2.55. The van der Waals surface area contributed by atoms with E-state index < -0.39 is 30.3 Å². The number of carboxylic acid groups (broad SMARTS) is 1. The van der Waals surface area contributed by atoms with Crippen molar-refractivity contribution in [2.45, 2.75) is 12.8 Å². The van der Waals surface area contributed by atoms with Gasteiger partial charge in [-0.1, -0.05) is 0 Å². The van der Waals surface area contributed by atoms with Gasteiger partial charge in [0.15, 0.2) is 5.82 Å². The van der Waals surface area contributed by atoms with Gasteiger partial charge in [0.25, 0.3) is 6.43 Å². The lowest BCUT2D eigenvalue weighted by molar-refractivity contribution is -0.136. The number of pyridine rings is 1. The van der Waals surface area contributed by atoms with Gasteiger partial charge in [0.05, 0.1) is 6.42 Å². The van der Waals surface area contributed by atoms with Gasteiger partial charge in [-0.15, -0.1) is 0 Å². The minimum absolute atomic E-state index is 0.0181. The summed E-state index contributed by atoms with van der Waals surface area (Å²) >= 11 is 2.80. The molecule has 0 radical (unpaired) electrons. The largest absolute Gasteiger partial charge is 0.481 e. The van der Waals surface area contributed by atoms with E-state index in [9.17, 15) is 18.0 Å². The molecule has 1 heterocycles. The molecule has 0 aliphatic rings. The molecular formula is C8H5BrF3NO2. The molecule has 0 bridgehead atoms. The fourth-order valence-corrected chi connectivity index (χ4v) is 1.47. The van der Waals surface area contributed by atoms with Crippen LogP contribution in [-0.4, -0.2) is 16.1 Å². The summed E-state index contributed by atoms with van der Waals surface area (Å²) in [6.45, 7) is 0. The van der Waals surface area contributed by atoms with Gasteiger partial charge in [-0.05, 0) is 22.0 Å². The maximum absolute atomic E-state index is 13.2. The second-order valence-electron chi connectivity index (χ2n) is 2.67. The van der Waals surface area contributed by atoms with Crippen molar-refractivity contribution in [1.29, 1.82) is 0 Å². The molecule has 0 aromatic carbocycles. The van der Waals surface area contributed by atoms with Gasteiger partial charge in [-0.25, -0.2) is 18.2 Å². The summed E-state index contributed by atoms with van der Waals surface area (Å²) in [5.74, 6) is -2.57. The average Bonchev–Trinajstić information content (AvgIpc) is 2.09. The summed E-state index contributed by atoms with van der Waals surface area (Å²) in [4.78, 5) is 13.6. The van der Waals surface area contributed by atoms with Gasteiger partial charge in [0.2, 0.25) is 0 Å². The lowest BCUT2D eigenvalue weighted by Gasteiger charge is -2.06. The minimum Gasteiger partial charge on any atom is -0.481 e. The van der Waals surface area contributed by atoms with Crippen LogP contribution in [0, 0.1) is 5.82 Å². The first-order chi connectivity index (χ1) is 6.91. The fourth-order valence-electron chi connectivity index (χ4n) is 1.00. The first-order valence-electron chi connectivity index (χ1n) is 3.76. The molecule has 0 atom stereocenters. The smallest absolute Gasteiger partial charge is 0.307 e. The molecular weight excluding hydrogens is 279 g/mol. The van der Waals surface area contributed by atoms with Gasteiger partial charge in [-0.3, -0.25) is 4.79 Å². The summed E-state index contributed by atoms with van der Waals surface area (Å²) < 4.78 is 37.7. The van der Waals surface area contributed by atoms with E-state index in [2.05, 4.69) is 20.9 Å². The van der Waals surface area contributed by atoms with E-state index >= 15 is 0 Å². The van der Waals surface area contributed by atoms with Crippen molar-refractivity contribution < 1.29 is 23.1 Å². The quantitative estimate of drug-likeness (QED) is 0.868. The van der Waals surface area contributed by atoms with Crippen LogP contribution in [0.15, 0.2) is 10.7 Å². The monoisotopic (exact) mass is 283 g/mol. The highest BCUT2D eigenvalue weighted by atomic mass is 79.9. The maximum Gasteiger partial charge on any atom is 0.307 e. The van der Waals surface area contributed by atoms with E-state index in [4.69, 9.17) is 5.11 Å². The zero-order valence-corrected chi connectivity index (χ0v) is 8.76. The Morgan fingerprint density at radius 2 is 2.20 bits per heavy atom. The van der Waals surface area contributed by atoms with Crippen LogP contribution in [0.5, 0.6) is 0 Å². The summed E-state index contributed by atoms with van der Waals surface area (Å²) in [6.07, 6.45) is -3.73. The molecule has 15 heavy (non-hydrogen) atoms. The van der Waals surface area contributed by atoms with Gasteiger partial charge < -0.3 is 5.11 Å². The Morgan fingerprint density at radius 1 is 1.60 bits per heavy atom. The highest BCUT2D eigenvalue weighted by Gasteiger charge is 2.20. The van der Waals surface area contributed by atoms with E-state index in [0.717, 1.165) is 6.07 Å². The molecule has 82 valence electrons. The fraction of sp³-hybridized carbons (Fsp3) is 0.250. The number of nitrogens with zero attached hydrogens (tertiary/aromatic N) is 1. The highest BCUT2D eigenvalue weighted by Crippen LogP contribution is 2.25. The van der Waals surface area contributed by atoms with Crippen LogP contribution < -0.4 is 0 Å². The molecule has 0 aliphatic carbocycles. The van der Waals surface area contributed by atoms with Gasteiger partial charge >= 0.3 is 5.97 Å². The van der Waals surface area contributed by atoms with E-state index in [1.54, 1.807) is 0 Å². The molecule has 1 aromatic rings. The standard InChI is InChI=1S/C8H5BrF3NO2/c9-4-1-3(2-5(14)15)6(10)7(13-4)8(11)12/h1,8H,2H2,(H,14,15). The Bertz CT molecular complexity index is 398. The second kappa shape index (κ2) is 4.61. The summed E-state index contributed by atoms with van der Waals surface area (Å²) in [6, 6.07) is 1.06. The van der Waals surface area contributed by atoms with Crippen molar-refractivity contribution in [3.05, 3.63) is 27.7 Å². The number of rotatable bonds is 3. The van der Waals surface area contributed by atoms with Crippen molar-refractivity contribution in [2.24, 2.45) is 0 Å². The first-order valence-corrected chi connectivity index (χ1v) is 4.56. The Hall–Kier alpha value is -1.11. The van der Waals surface area contributed by atoms with Crippen LogP contribution in [0.1, 0.15) is 17.7 Å².